The summed E-state index contributed by atoms with van der Waals surface area (Å²) in [4.78, 5) is 19.3. The van der Waals surface area contributed by atoms with Crippen molar-refractivity contribution in [2.45, 2.75) is 58.4 Å². The van der Waals surface area contributed by atoms with Gasteiger partial charge in [-0.15, -0.1) is 0 Å². The number of aromatic nitrogens is 2. The first-order valence-electron chi connectivity index (χ1n) is 9.41. The Balaban J connectivity index is 1.62. The molecule has 0 spiro atoms. The molecule has 2 heterocycles. The number of rotatable bonds is 5. The predicted octanol–water partition coefficient (Wildman–Crippen LogP) is 4.11. The first-order valence-corrected chi connectivity index (χ1v) is 9.41. The van der Waals surface area contributed by atoms with E-state index in [1.807, 2.05) is 17.2 Å². The molecular formula is C21H29N3O. The molecule has 1 aliphatic heterocycles. The molecule has 0 aliphatic carbocycles. The Morgan fingerprint density at radius 1 is 1.32 bits per heavy atom. The zero-order valence-electron chi connectivity index (χ0n) is 15.6. The van der Waals surface area contributed by atoms with Crippen molar-refractivity contribution in [2.24, 2.45) is 0 Å². The van der Waals surface area contributed by atoms with Crippen LogP contribution in [0.5, 0.6) is 0 Å². The van der Waals surface area contributed by atoms with Crippen molar-refractivity contribution in [3.63, 3.8) is 0 Å². The largest absolute Gasteiger partial charge is 0.342 e. The molecule has 1 fully saturated rings. The monoisotopic (exact) mass is 339 g/mol. The molecular weight excluding hydrogens is 310 g/mol. The van der Waals surface area contributed by atoms with Crippen LogP contribution in [-0.2, 0) is 11.2 Å². The summed E-state index contributed by atoms with van der Waals surface area (Å²) in [6.45, 7) is 8.16. The van der Waals surface area contributed by atoms with E-state index in [9.17, 15) is 4.79 Å². The van der Waals surface area contributed by atoms with Crippen LogP contribution in [0, 0.1) is 6.92 Å². The molecule has 2 aromatic rings. The number of amides is 1. The lowest BCUT2D eigenvalue weighted by Gasteiger charge is -2.33. The van der Waals surface area contributed by atoms with Crippen molar-refractivity contribution in [1.29, 1.82) is 0 Å². The van der Waals surface area contributed by atoms with E-state index >= 15 is 0 Å². The third-order valence-electron chi connectivity index (χ3n) is 5.26. The fraction of sp³-hybridized carbons (Fsp3) is 0.524. The molecule has 0 bridgehead atoms. The normalized spacial score (nSPS) is 17.9. The van der Waals surface area contributed by atoms with Gasteiger partial charge < -0.3 is 9.47 Å². The zero-order valence-corrected chi connectivity index (χ0v) is 15.6. The Morgan fingerprint density at radius 3 is 2.88 bits per heavy atom. The summed E-state index contributed by atoms with van der Waals surface area (Å²) in [5.74, 6) is 1.76. The number of carbonyl (C=O) groups excluding carboxylic acids is 1. The summed E-state index contributed by atoms with van der Waals surface area (Å²) in [7, 11) is 0. The first kappa shape index (κ1) is 17.7. The van der Waals surface area contributed by atoms with Gasteiger partial charge in [-0.1, -0.05) is 24.3 Å². The summed E-state index contributed by atoms with van der Waals surface area (Å²) >= 11 is 0. The summed E-state index contributed by atoms with van der Waals surface area (Å²) in [6, 6.07) is 8.75. The van der Waals surface area contributed by atoms with E-state index in [0.717, 1.165) is 38.2 Å². The van der Waals surface area contributed by atoms with E-state index in [0.29, 0.717) is 18.4 Å². The van der Waals surface area contributed by atoms with Crippen LogP contribution in [-0.4, -0.2) is 33.4 Å². The predicted molar refractivity (Wildman–Crippen MR) is 101 cm³/mol. The minimum absolute atomic E-state index is 0.274. The van der Waals surface area contributed by atoms with Gasteiger partial charge >= 0.3 is 0 Å². The maximum absolute atomic E-state index is 12.7. The number of hydrogen-bond acceptors (Lipinski definition) is 2. The Labute approximate surface area is 150 Å². The Hall–Kier alpha value is -2.10. The van der Waals surface area contributed by atoms with Gasteiger partial charge in [0.2, 0.25) is 5.91 Å². The number of nitrogens with zero attached hydrogens (tertiary/aromatic N) is 3. The molecule has 1 aliphatic rings. The van der Waals surface area contributed by atoms with Gasteiger partial charge in [-0.2, -0.15) is 0 Å². The number of likely N-dealkylation sites (tertiary alicyclic amines) is 1. The summed E-state index contributed by atoms with van der Waals surface area (Å²) < 4.78 is 2.24. The number of piperidine rings is 1. The highest BCUT2D eigenvalue weighted by atomic mass is 16.2. The van der Waals surface area contributed by atoms with Crippen LogP contribution in [0.2, 0.25) is 0 Å². The Kier molecular flexibility index (Phi) is 5.57. The topological polar surface area (TPSA) is 38.1 Å². The average Bonchev–Trinajstić information content (AvgIpc) is 3.11. The van der Waals surface area contributed by atoms with Crippen LogP contribution in [0.1, 0.15) is 62.0 Å². The SMILES string of the molecule is Cc1ccccc1CCC(=O)N1CCC[C@@H](c2nccn2C(C)C)C1. The minimum atomic E-state index is 0.274. The second kappa shape index (κ2) is 7.85. The quantitative estimate of drug-likeness (QED) is 0.822. The van der Waals surface area contributed by atoms with E-state index in [2.05, 4.69) is 54.7 Å². The van der Waals surface area contributed by atoms with Crippen LogP contribution < -0.4 is 0 Å². The van der Waals surface area contributed by atoms with Gasteiger partial charge in [0.1, 0.15) is 5.82 Å². The van der Waals surface area contributed by atoms with E-state index in [1.54, 1.807) is 0 Å². The molecule has 1 amide bonds. The molecule has 1 atom stereocenters. The maximum Gasteiger partial charge on any atom is 0.222 e. The van der Waals surface area contributed by atoms with Crippen molar-refractivity contribution < 1.29 is 4.79 Å². The van der Waals surface area contributed by atoms with Gasteiger partial charge in [0, 0.05) is 43.9 Å². The molecule has 0 saturated carbocycles. The smallest absolute Gasteiger partial charge is 0.222 e. The second-order valence-corrected chi connectivity index (χ2v) is 7.39. The van der Waals surface area contributed by atoms with E-state index in [-0.39, 0.29) is 5.91 Å². The molecule has 3 rings (SSSR count). The zero-order chi connectivity index (χ0) is 17.8. The molecule has 0 N–H and O–H groups in total. The highest BCUT2D eigenvalue weighted by Crippen LogP contribution is 2.28. The van der Waals surface area contributed by atoms with Gasteiger partial charge in [0.05, 0.1) is 0 Å². The maximum atomic E-state index is 12.7. The molecule has 0 unspecified atom stereocenters. The van der Waals surface area contributed by atoms with E-state index < -0.39 is 0 Å². The first-order chi connectivity index (χ1) is 12.1. The summed E-state index contributed by atoms with van der Waals surface area (Å²) in [6.07, 6.45) is 7.54. The van der Waals surface area contributed by atoms with Crippen LogP contribution >= 0.6 is 0 Å². The van der Waals surface area contributed by atoms with Crippen LogP contribution in [0.15, 0.2) is 36.7 Å². The number of aryl methyl sites for hydroxylation is 2. The fourth-order valence-corrected chi connectivity index (χ4v) is 3.78. The molecule has 134 valence electrons. The van der Waals surface area contributed by atoms with Gasteiger partial charge in [-0.25, -0.2) is 4.98 Å². The number of carbonyl (C=O) groups is 1. The standard InChI is InChI=1S/C21H29N3O/c1-16(2)24-14-12-22-21(24)19-9-6-13-23(15-19)20(25)11-10-18-8-5-4-7-17(18)3/h4-5,7-8,12,14,16,19H,6,9-11,13,15H2,1-3H3/t19-/m1/s1. The second-order valence-electron chi connectivity index (χ2n) is 7.39. The molecule has 4 nitrogen and oxygen atoms in total. The highest BCUT2D eigenvalue weighted by molar-refractivity contribution is 5.76. The average molecular weight is 339 g/mol. The van der Waals surface area contributed by atoms with Crippen LogP contribution in [0.3, 0.4) is 0 Å². The number of benzene rings is 1. The lowest BCUT2D eigenvalue weighted by Crippen LogP contribution is -2.40. The lowest BCUT2D eigenvalue weighted by molar-refractivity contribution is -0.132. The molecule has 25 heavy (non-hydrogen) atoms. The molecule has 1 aromatic carbocycles. The third kappa shape index (κ3) is 4.12. The highest BCUT2D eigenvalue weighted by Gasteiger charge is 2.27. The Bertz CT molecular complexity index is 719. The van der Waals surface area contributed by atoms with E-state index in [1.165, 1.54) is 11.1 Å². The van der Waals surface area contributed by atoms with Crippen LogP contribution in [0.25, 0.3) is 0 Å². The van der Waals surface area contributed by atoms with Crippen molar-refractivity contribution in [3.05, 3.63) is 53.6 Å². The molecule has 1 saturated heterocycles. The van der Waals surface area contributed by atoms with Crippen molar-refractivity contribution in [3.8, 4) is 0 Å². The van der Waals surface area contributed by atoms with E-state index in [4.69, 9.17) is 0 Å². The number of imidazole rings is 1. The van der Waals surface area contributed by atoms with Gasteiger partial charge in [-0.05, 0) is 51.2 Å². The molecule has 0 radical (unpaired) electrons. The number of hydrogen-bond donors (Lipinski definition) is 0. The lowest BCUT2D eigenvalue weighted by atomic mass is 9.96. The van der Waals surface area contributed by atoms with Gasteiger partial charge in [-0.3, -0.25) is 4.79 Å². The minimum Gasteiger partial charge on any atom is -0.342 e. The van der Waals surface area contributed by atoms with Crippen molar-refractivity contribution >= 4 is 5.91 Å². The summed E-state index contributed by atoms with van der Waals surface area (Å²) in [5.41, 5.74) is 2.55. The molecule has 1 aromatic heterocycles. The third-order valence-corrected chi connectivity index (χ3v) is 5.26. The van der Waals surface area contributed by atoms with Gasteiger partial charge in [0.25, 0.3) is 0 Å². The van der Waals surface area contributed by atoms with Gasteiger partial charge in [0.15, 0.2) is 0 Å². The Morgan fingerprint density at radius 2 is 2.12 bits per heavy atom. The summed E-state index contributed by atoms with van der Waals surface area (Å²) in [5, 5.41) is 0. The fourth-order valence-electron chi connectivity index (χ4n) is 3.78. The van der Waals surface area contributed by atoms with Crippen LogP contribution in [0.4, 0.5) is 0 Å². The van der Waals surface area contributed by atoms with Crippen molar-refractivity contribution in [1.82, 2.24) is 14.5 Å². The molecule has 4 heteroatoms. The van der Waals surface area contributed by atoms with Crippen molar-refractivity contribution in [2.75, 3.05) is 13.1 Å².